The van der Waals surface area contributed by atoms with Gasteiger partial charge in [0.15, 0.2) is 0 Å². The van der Waals surface area contributed by atoms with E-state index in [0.717, 1.165) is 0 Å². The quantitative estimate of drug-likeness (QED) is 0.600. The third-order valence-corrected chi connectivity index (χ3v) is 4.33. The van der Waals surface area contributed by atoms with Gasteiger partial charge in [-0.25, -0.2) is 4.39 Å². The lowest BCUT2D eigenvalue weighted by Gasteiger charge is -2.30. The maximum atomic E-state index is 14.4. The number of anilines is 1. The molecule has 0 fully saturated rings. The Bertz CT molecular complexity index is 854. The third kappa shape index (κ3) is 2.85. The molecule has 0 unspecified atom stereocenters. The van der Waals surface area contributed by atoms with E-state index < -0.39 is 16.6 Å². The second kappa shape index (κ2) is 6.20. The Morgan fingerprint density at radius 1 is 1.33 bits per heavy atom. The van der Waals surface area contributed by atoms with Gasteiger partial charge in [-0.2, -0.15) is 0 Å². The summed E-state index contributed by atoms with van der Waals surface area (Å²) in [7, 11) is 0. The highest BCUT2D eigenvalue weighted by molar-refractivity contribution is 6.30. The van der Waals surface area contributed by atoms with E-state index >= 15 is 0 Å². The van der Waals surface area contributed by atoms with Crippen LogP contribution in [0.4, 0.5) is 15.8 Å². The van der Waals surface area contributed by atoms with Gasteiger partial charge in [0.25, 0.3) is 11.6 Å². The lowest BCUT2D eigenvalue weighted by molar-refractivity contribution is -0.384. The van der Waals surface area contributed by atoms with Crippen molar-refractivity contribution in [2.45, 2.75) is 19.8 Å². The highest BCUT2D eigenvalue weighted by Crippen LogP contribution is 2.34. The van der Waals surface area contributed by atoms with Crippen LogP contribution in [-0.2, 0) is 6.42 Å². The number of carbonyl (C=O) groups is 1. The van der Waals surface area contributed by atoms with Crippen molar-refractivity contribution in [1.29, 1.82) is 0 Å². The SMILES string of the molecule is Cc1ccc([N+](=O)[O-])cc1C(=O)N1CCCc2cc(Cl)cc(F)c21. The minimum atomic E-state index is -0.561. The molecular weight excluding hydrogens is 335 g/mol. The van der Waals surface area contributed by atoms with Crippen LogP contribution in [0.5, 0.6) is 0 Å². The van der Waals surface area contributed by atoms with E-state index in [4.69, 9.17) is 11.6 Å². The highest BCUT2D eigenvalue weighted by atomic mass is 35.5. The zero-order valence-corrected chi connectivity index (χ0v) is 13.6. The first-order valence-corrected chi connectivity index (χ1v) is 7.81. The predicted molar refractivity (Wildman–Crippen MR) is 89.2 cm³/mol. The van der Waals surface area contributed by atoms with Crippen LogP contribution in [0.25, 0.3) is 0 Å². The first-order chi connectivity index (χ1) is 11.4. The number of carbonyl (C=O) groups excluding carboxylic acids is 1. The number of aryl methyl sites for hydroxylation is 2. The predicted octanol–water partition coefficient (Wildman–Crippen LogP) is 4.29. The molecule has 0 aliphatic carbocycles. The normalized spacial score (nSPS) is 13.5. The van der Waals surface area contributed by atoms with Crippen LogP contribution in [0.15, 0.2) is 30.3 Å². The van der Waals surface area contributed by atoms with Crippen molar-refractivity contribution in [2.75, 3.05) is 11.4 Å². The zero-order valence-electron chi connectivity index (χ0n) is 12.9. The minimum absolute atomic E-state index is 0.169. The summed E-state index contributed by atoms with van der Waals surface area (Å²) in [6, 6.07) is 6.93. The number of nitro groups is 1. The maximum Gasteiger partial charge on any atom is 0.270 e. The zero-order chi connectivity index (χ0) is 17.4. The molecule has 1 amide bonds. The summed E-state index contributed by atoms with van der Waals surface area (Å²) in [5, 5.41) is 11.2. The van der Waals surface area contributed by atoms with Crippen molar-refractivity contribution in [1.82, 2.24) is 0 Å². The summed E-state index contributed by atoms with van der Waals surface area (Å²) >= 11 is 5.89. The molecule has 0 atom stereocenters. The second-order valence-electron chi connectivity index (χ2n) is 5.71. The fourth-order valence-electron chi connectivity index (χ4n) is 2.95. The first-order valence-electron chi connectivity index (χ1n) is 7.43. The molecule has 1 heterocycles. The lowest BCUT2D eigenvalue weighted by Crippen LogP contribution is -2.36. The fraction of sp³-hybridized carbons (Fsp3) is 0.235. The molecule has 24 heavy (non-hydrogen) atoms. The van der Waals surface area contributed by atoms with Gasteiger partial charge < -0.3 is 4.90 Å². The maximum absolute atomic E-state index is 14.4. The van der Waals surface area contributed by atoms with Crippen molar-refractivity contribution in [3.8, 4) is 0 Å². The Labute approximate surface area is 142 Å². The van der Waals surface area contributed by atoms with Crippen molar-refractivity contribution < 1.29 is 14.1 Å². The van der Waals surface area contributed by atoms with Crippen LogP contribution < -0.4 is 4.90 Å². The van der Waals surface area contributed by atoms with Crippen LogP contribution in [-0.4, -0.2) is 17.4 Å². The van der Waals surface area contributed by atoms with E-state index in [9.17, 15) is 19.3 Å². The Kier molecular flexibility index (Phi) is 4.24. The molecule has 0 saturated carbocycles. The first kappa shape index (κ1) is 16.4. The Balaban J connectivity index is 2.07. The summed E-state index contributed by atoms with van der Waals surface area (Å²) in [5.74, 6) is -1.01. The fourth-order valence-corrected chi connectivity index (χ4v) is 3.18. The van der Waals surface area contributed by atoms with Crippen molar-refractivity contribution in [3.63, 3.8) is 0 Å². The number of hydrogen-bond donors (Lipinski definition) is 0. The van der Waals surface area contributed by atoms with Gasteiger partial charge in [-0.15, -0.1) is 0 Å². The molecule has 0 aromatic heterocycles. The number of benzene rings is 2. The molecule has 0 saturated heterocycles. The monoisotopic (exact) mass is 348 g/mol. The summed E-state index contributed by atoms with van der Waals surface area (Å²) in [6.07, 6.45) is 1.30. The smallest absolute Gasteiger partial charge is 0.270 e. The molecule has 5 nitrogen and oxygen atoms in total. The minimum Gasteiger partial charge on any atom is -0.305 e. The Morgan fingerprint density at radius 2 is 2.08 bits per heavy atom. The van der Waals surface area contributed by atoms with Gasteiger partial charge in [0, 0.05) is 29.3 Å². The molecule has 0 bridgehead atoms. The van der Waals surface area contributed by atoms with Gasteiger partial charge in [0.05, 0.1) is 10.6 Å². The molecule has 0 radical (unpaired) electrons. The van der Waals surface area contributed by atoms with Gasteiger partial charge in [0.1, 0.15) is 5.82 Å². The number of halogens is 2. The number of rotatable bonds is 2. The number of nitro benzene ring substituents is 1. The van der Waals surface area contributed by atoms with E-state index in [2.05, 4.69) is 0 Å². The van der Waals surface area contributed by atoms with E-state index in [0.29, 0.717) is 30.5 Å². The van der Waals surface area contributed by atoms with Gasteiger partial charge in [-0.3, -0.25) is 14.9 Å². The van der Waals surface area contributed by atoms with Crippen LogP contribution in [0, 0.1) is 22.9 Å². The van der Waals surface area contributed by atoms with Gasteiger partial charge in [-0.1, -0.05) is 17.7 Å². The molecule has 3 rings (SSSR count). The van der Waals surface area contributed by atoms with E-state index in [1.54, 1.807) is 13.0 Å². The number of hydrogen-bond acceptors (Lipinski definition) is 3. The summed E-state index contributed by atoms with van der Waals surface area (Å²) in [4.78, 5) is 24.6. The summed E-state index contributed by atoms with van der Waals surface area (Å²) in [6.45, 7) is 2.05. The number of amides is 1. The van der Waals surface area contributed by atoms with Crippen LogP contribution in [0.1, 0.15) is 27.9 Å². The van der Waals surface area contributed by atoms with Crippen LogP contribution in [0.3, 0.4) is 0 Å². The summed E-state index contributed by atoms with van der Waals surface area (Å²) in [5.41, 5.74) is 1.51. The van der Waals surface area contributed by atoms with Crippen LogP contribution in [0.2, 0.25) is 5.02 Å². The van der Waals surface area contributed by atoms with Gasteiger partial charge >= 0.3 is 0 Å². The summed E-state index contributed by atoms with van der Waals surface area (Å²) < 4.78 is 14.4. The second-order valence-corrected chi connectivity index (χ2v) is 6.15. The van der Waals surface area contributed by atoms with E-state index in [1.807, 2.05) is 0 Å². The molecule has 0 N–H and O–H groups in total. The molecular formula is C17H14ClFN2O3. The van der Waals surface area contributed by atoms with Gasteiger partial charge in [-0.05, 0) is 43.0 Å². The van der Waals surface area contributed by atoms with Crippen molar-refractivity contribution >= 4 is 28.9 Å². The Morgan fingerprint density at radius 3 is 2.79 bits per heavy atom. The topological polar surface area (TPSA) is 63.5 Å². The molecule has 2 aromatic rings. The highest BCUT2D eigenvalue weighted by Gasteiger charge is 2.28. The van der Waals surface area contributed by atoms with Crippen molar-refractivity contribution in [2.24, 2.45) is 0 Å². The molecule has 1 aliphatic rings. The van der Waals surface area contributed by atoms with Crippen molar-refractivity contribution in [3.05, 3.63) is 68.0 Å². The standard InChI is InChI=1S/C17H14ClFN2O3/c1-10-4-5-13(21(23)24)9-14(10)17(22)20-6-2-3-11-7-12(18)8-15(19)16(11)20/h4-5,7-9H,2-3,6H2,1H3. The lowest BCUT2D eigenvalue weighted by atomic mass is 9.99. The molecule has 2 aromatic carbocycles. The number of non-ortho nitro benzene ring substituents is 1. The average Bonchev–Trinajstić information content (AvgIpc) is 2.53. The van der Waals surface area contributed by atoms with Gasteiger partial charge in [0.2, 0.25) is 0 Å². The third-order valence-electron chi connectivity index (χ3n) is 4.11. The number of nitrogens with zero attached hydrogens (tertiary/aromatic N) is 2. The van der Waals surface area contributed by atoms with E-state index in [-0.39, 0.29) is 22.0 Å². The molecule has 124 valence electrons. The Hall–Kier alpha value is -2.47. The number of fused-ring (bicyclic) bond motifs is 1. The largest absolute Gasteiger partial charge is 0.305 e. The average molecular weight is 349 g/mol. The van der Waals surface area contributed by atoms with Crippen LogP contribution >= 0.6 is 11.6 Å². The molecule has 1 aliphatic heterocycles. The molecule has 0 spiro atoms. The molecule has 7 heteroatoms. The van der Waals surface area contributed by atoms with E-state index in [1.165, 1.54) is 29.2 Å².